The lowest BCUT2D eigenvalue weighted by Crippen LogP contribution is -2.48. The third-order valence-electron chi connectivity index (χ3n) is 6.63. The third kappa shape index (κ3) is 5.80. The number of amides is 1. The molecule has 4 N–H and O–H groups in total. The van der Waals surface area contributed by atoms with E-state index >= 15 is 0 Å². The number of aliphatic hydroxyl groups is 1. The molecule has 4 heterocycles. The Morgan fingerprint density at radius 1 is 0.944 bits per heavy atom. The Bertz CT molecular complexity index is 1180. The average molecular weight is 491 g/mol. The van der Waals surface area contributed by atoms with Crippen LogP contribution in [0.25, 0.3) is 11.3 Å². The van der Waals surface area contributed by atoms with E-state index < -0.39 is 6.09 Å². The summed E-state index contributed by atoms with van der Waals surface area (Å²) < 4.78 is 0. The van der Waals surface area contributed by atoms with Gasteiger partial charge in [-0.3, -0.25) is 4.98 Å². The highest BCUT2D eigenvalue weighted by molar-refractivity contribution is 5.71. The van der Waals surface area contributed by atoms with E-state index in [1.165, 1.54) is 4.90 Å². The Balaban J connectivity index is 1.40. The van der Waals surface area contributed by atoms with Crippen molar-refractivity contribution in [1.82, 2.24) is 24.8 Å². The largest absolute Gasteiger partial charge is 0.465 e. The summed E-state index contributed by atoms with van der Waals surface area (Å²) in [5, 5.41) is 26.0. The monoisotopic (exact) mass is 490 g/mol. The van der Waals surface area contributed by atoms with Crippen LogP contribution in [0.5, 0.6) is 0 Å². The van der Waals surface area contributed by atoms with Gasteiger partial charge in [-0.2, -0.15) is 0 Å². The molecule has 2 aliphatic rings. The van der Waals surface area contributed by atoms with Crippen LogP contribution >= 0.6 is 0 Å². The minimum atomic E-state index is -0.888. The molecule has 1 saturated heterocycles. The Labute approximate surface area is 209 Å². The number of carboxylic acid groups (broad SMARTS) is 1. The van der Waals surface area contributed by atoms with Crippen LogP contribution in [-0.4, -0.2) is 79.5 Å². The molecule has 3 aromatic rings. The molecule has 0 atom stereocenters. The first-order valence-corrected chi connectivity index (χ1v) is 12.2. The van der Waals surface area contributed by atoms with Crippen LogP contribution in [0.4, 0.5) is 27.9 Å². The molecule has 36 heavy (non-hydrogen) atoms. The number of aliphatic hydroxyl groups excluding tert-OH is 1. The first kappa shape index (κ1) is 23.7. The summed E-state index contributed by atoms with van der Waals surface area (Å²) in [6.45, 7) is 2.07. The number of piperazine rings is 1. The van der Waals surface area contributed by atoms with Gasteiger partial charge in [0.2, 0.25) is 0 Å². The van der Waals surface area contributed by atoms with Crippen molar-refractivity contribution in [2.24, 2.45) is 0 Å². The summed E-state index contributed by atoms with van der Waals surface area (Å²) in [6, 6.07) is 8.18. The molecule has 11 nitrogen and oxygen atoms in total. The van der Waals surface area contributed by atoms with E-state index in [9.17, 15) is 15.0 Å². The number of nitrogens with zero attached hydrogens (tertiary/aromatic N) is 6. The highest BCUT2D eigenvalue weighted by Gasteiger charge is 2.22. The quantitative estimate of drug-likeness (QED) is 0.407. The summed E-state index contributed by atoms with van der Waals surface area (Å²) >= 11 is 0. The zero-order valence-corrected chi connectivity index (χ0v) is 19.9. The van der Waals surface area contributed by atoms with Crippen molar-refractivity contribution in [3.63, 3.8) is 0 Å². The third-order valence-corrected chi connectivity index (χ3v) is 6.63. The van der Waals surface area contributed by atoms with E-state index in [2.05, 4.69) is 30.5 Å². The van der Waals surface area contributed by atoms with E-state index in [0.29, 0.717) is 37.8 Å². The van der Waals surface area contributed by atoms with Crippen LogP contribution in [0, 0.1) is 0 Å². The van der Waals surface area contributed by atoms with E-state index in [1.54, 1.807) is 24.8 Å². The van der Waals surface area contributed by atoms with Gasteiger partial charge >= 0.3 is 6.09 Å². The number of hydrogen-bond donors (Lipinski definition) is 4. The lowest BCUT2D eigenvalue weighted by atomic mass is 9.93. The number of nitrogens with one attached hydrogen (secondary N) is 2. The fourth-order valence-corrected chi connectivity index (χ4v) is 4.65. The normalized spacial score (nSPS) is 20.1. The number of aromatic nitrogens is 4. The molecule has 0 unspecified atom stereocenters. The standard InChI is InChI=1S/C25H30N8O3/c34-20-3-1-18(2-4-20)29-19-14-21(30-22(15-19)31-23-16-26-7-8-27-23)17-5-6-28-24(13-17)32-9-11-33(12-10-32)25(35)36/h5-8,13-16,18,20,34H,1-4,9-12H2,(H,35,36)(H2,27,29,30,31)/t18-,20-. The summed E-state index contributed by atoms with van der Waals surface area (Å²) in [4.78, 5) is 32.5. The second kappa shape index (κ2) is 10.7. The molecule has 0 radical (unpaired) electrons. The predicted octanol–water partition coefficient (Wildman–Crippen LogP) is 3.19. The lowest BCUT2D eigenvalue weighted by molar-refractivity contribution is 0.126. The summed E-state index contributed by atoms with van der Waals surface area (Å²) in [5.74, 6) is 2.03. The number of hydrogen-bond acceptors (Lipinski definition) is 9. The Hall–Kier alpha value is -3.99. The first-order chi connectivity index (χ1) is 17.5. The molecule has 1 amide bonds. The number of pyridine rings is 2. The van der Waals surface area contributed by atoms with Crippen LogP contribution in [0.3, 0.4) is 0 Å². The Kier molecular flexibility index (Phi) is 7.08. The molecule has 1 saturated carbocycles. The van der Waals surface area contributed by atoms with Crippen LogP contribution in [-0.2, 0) is 0 Å². The topological polar surface area (TPSA) is 140 Å². The van der Waals surface area contributed by atoms with Crippen molar-refractivity contribution in [3.05, 3.63) is 49.1 Å². The van der Waals surface area contributed by atoms with E-state index in [4.69, 9.17) is 4.98 Å². The van der Waals surface area contributed by atoms with E-state index in [1.807, 2.05) is 24.3 Å². The van der Waals surface area contributed by atoms with E-state index in [-0.39, 0.29) is 12.1 Å². The fourth-order valence-electron chi connectivity index (χ4n) is 4.65. The van der Waals surface area contributed by atoms with Crippen LogP contribution < -0.4 is 15.5 Å². The van der Waals surface area contributed by atoms with Gasteiger partial charge in [-0.05, 0) is 43.9 Å². The zero-order chi connectivity index (χ0) is 24.9. The summed E-state index contributed by atoms with van der Waals surface area (Å²) in [5.41, 5.74) is 2.61. The molecule has 188 valence electrons. The van der Waals surface area contributed by atoms with Crippen LogP contribution in [0.1, 0.15) is 25.7 Å². The second-order valence-electron chi connectivity index (χ2n) is 9.15. The minimum absolute atomic E-state index is 0.211. The van der Waals surface area contributed by atoms with Crippen molar-refractivity contribution in [1.29, 1.82) is 0 Å². The predicted molar refractivity (Wildman–Crippen MR) is 136 cm³/mol. The van der Waals surface area contributed by atoms with Crippen molar-refractivity contribution < 1.29 is 15.0 Å². The Morgan fingerprint density at radius 3 is 2.47 bits per heavy atom. The maximum Gasteiger partial charge on any atom is 0.407 e. The highest BCUT2D eigenvalue weighted by Crippen LogP contribution is 2.29. The van der Waals surface area contributed by atoms with Gasteiger partial charge in [-0.25, -0.2) is 19.7 Å². The van der Waals surface area contributed by atoms with Crippen molar-refractivity contribution in [2.45, 2.75) is 37.8 Å². The maximum absolute atomic E-state index is 11.2. The summed E-state index contributed by atoms with van der Waals surface area (Å²) in [6.07, 6.45) is 8.96. The molecule has 1 aliphatic carbocycles. The molecule has 0 aromatic carbocycles. The van der Waals surface area contributed by atoms with Gasteiger partial charge in [0.05, 0.1) is 18.0 Å². The van der Waals surface area contributed by atoms with Gasteiger partial charge in [-0.15, -0.1) is 0 Å². The van der Waals surface area contributed by atoms with Gasteiger partial charge in [0.1, 0.15) is 17.5 Å². The van der Waals surface area contributed by atoms with Crippen molar-refractivity contribution in [3.8, 4) is 11.3 Å². The van der Waals surface area contributed by atoms with Crippen molar-refractivity contribution >= 4 is 29.2 Å². The van der Waals surface area contributed by atoms with Gasteiger partial charge < -0.3 is 30.6 Å². The fraction of sp³-hybridized carbons (Fsp3) is 0.400. The highest BCUT2D eigenvalue weighted by atomic mass is 16.4. The van der Waals surface area contributed by atoms with E-state index in [0.717, 1.165) is 48.4 Å². The molecule has 11 heteroatoms. The van der Waals surface area contributed by atoms with Gasteiger partial charge in [-0.1, -0.05) is 0 Å². The minimum Gasteiger partial charge on any atom is -0.465 e. The SMILES string of the molecule is O=C(O)N1CCN(c2cc(-c3cc(N[C@H]4CC[C@H](O)CC4)cc(Nc4cnccn4)n3)ccn2)CC1. The molecule has 0 bridgehead atoms. The maximum atomic E-state index is 11.2. The molecule has 2 fully saturated rings. The van der Waals surface area contributed by atoms with Crippen LogP contribution in [0.15, 0.2) is 49.1 Å². The molecular formula is C25H30N8O3. The number of carbonyl (C=O) groups is 1. The van der Waals surface area contributed by atoms with Gasteiger partial charge in [0, 0.05) is 68.1 Å². The molecule has 0 spiro atoms. The smallest absolute Gasteiger partial charge is 0.407 e. The van der Waals surface area contributed by atoms with Gasteiger partial charge in [0.15, 0.2) is 0 Å². The van der Waals surface area contributed by atoms with Gasteiger partial charge in [0.25, 0.3) is 0 Å². The molecule has 1 aliphatic heterocycles. The zero-order valence-electron chi connectivity index (χ0n) is 19.9. The Morgan fingerprint density at radius 2 is 1.75 bits per heavy atom. The van der Waals surface area contributed by atoms with Crippen LogP contribution in [0.2, 0.25) is 0 Å². The molecule has 3 aromatic heterocycles. The lowest BCUT2D eigenvalue weighted by Gasteiger charge is -2.34. The summed E-state index contributed by atoms with van der Waals surface area (Å²) in [7, 11) is 0. The molecule has 5 rings (SSSR count). The number of anilines is 4. The van der Waals surface area contributed by atoms with Crippen molar-refractivity contribution in [2.75, 3.05) is 41.7 Å². The first-order valence-electron chi connectivity index (χ1n) is 12.2. The second-order valence-corrected chi connectivity index (χ2v) is 9.15. The average Bonchev–Trinajstić information content (AvgIpc) is 2.91. The number of rotatable bonds is 6. The molecular weight excluding hydrogens is 460 g/mol.